The van der Waals surface area contributed by atoms with Gasteiger partial charge in [-0.2, -0.15) is 0 Å². The molecule has 0 spiro atoms. The standard InChI is InChI=1S/C15H22N2O4/c1-10(2)21-15-7-12(6-13(8-15)17(19)20)16-9-11-3-4-14(18)5-11/h6-8,10-11,14,16,18H,3-5,9H2,1-2H3. The van der Waals surface area contributed by atoms with E-state index in [2.05, 4.69) is 5.32 Å². The van der Waals surface area contributed by atoms with Gasteiger partial charge in [0.2, 0.25) is 0 Å². The van der Waals surface area contributed by atoms with E-state index in [1.807, 2.05) is 13.8 Å². The van der Waals surface area contributed by atoms with Crippen molar-refractivity contribution < 1.29 is 14.8 Å². The number of benzene rings is 1. The van der Waals surface area contributed by atoms with Crippen molar-refractivity contribution in [1.82, 2.24) is 0 Å². The summed E-state index contributed by atoms with van der Waals surface area (Å²) in [6.45, 7) is 4.47. The molecule has 1 fully saturated rings. The molecule has 0 radical (unpaired) electrons. The van der Waals surface area contributed by atoms with Gasteiger partial charge in [0, 0.05) is 24.4 Å². The Morgan fingerprint density at radius 2 is 2.19 bits per heavy atom. The number of non-ortho nitro benzene ring substituents is 1. The minimum absolute atomic E-state index is 0.0158. The predicted octanol–water partition coefficient (Wildman–Crippen LogP) is 2.95. The number of rotatable bonds is 6. The summed E-state index contributed by atoms with van der Waals surface area (Å²) in [6, 6.07) is 4.72. The Morgan fingerprint density at radius 1 is 1.43 bits per heavy atom. The molecule has 0 aliphatic heterocycles. The molecule has 116 valence electrons. The van der Waals surface area contributed by atoms with Gasteiger partial charge in [0.1, 0.15) is 5.75 Å². The fraction of sp³-hybridized carbons (Fsp3) is 0.600. The van der Waals surface area contributed by atoms with Crippen molar-refractivity contribution in [2.45, 2.75) is 45.3 Å². The molecule has 0 saturated heterocycles. The van der Waals surface area contributed by atoms with Gasteiger partial charge in [-0.05, 0) is 39.0 Å². The van der Waals surface area contributed by atoms with Crippen molar-refractivity contribution in [3.63, 3.8) is 0 Å². The lowest BCUT2D eigenvalue weighted by atomic mass is 10.1. The van der Waals surface area contributed by atoms with Crippen molar-refractivity contribution in [2.75, 3.05) is 11.9 Å². The highest BCUT2D eigenvalue weighted by Gasteiger charge is 2.22. The Bertz CT molecular complexity index is 504. The predicted molar refractivity (Wildman–Crippen MR) is 80.7 cm³/mol. The highest BCUT2D eigenvalue weighted by Crippen LogP contribution is 2.29. The van der Waals surface area contributed by atoms with Gasteiger partial charge in [-0.1, -0.05) is 0 Å². The fourth-order valence-electron chi connectivity index (χ4n) is 2.63. The van der Waals surface area contributed by atoms with Crippen LogP contribution < -0.4 is 10.1 Å². The third-order valence-corrected chi connectivity index (χ3v) is 3.58. The summed E-state index contributed by atoms with van der Waals surface area (Å²) in [7, 11) is 0. The summed E-state index contributed by atoms with van der Waals surface area (Å²) in [4.78, 5) is 10.6. The molecule has 1 saturated carbocycles. The number of anilines is 1. The third kappa shape index (κ3) is 4.60. The van der Waals surface area contributed by atoms with E-state index in [1.54, 1.807) is 6.07 Å². The maximum absolute atomic E-state index is 11.0. The van der Waals surface area contributed by atoms with Gasteiger partial charge in [0.25, 0.3) is 5.69 Å². The summed E-state index contributed by atoms with van der Waals surface area (Å²) >= 11 is 0. The molecule has 2 atom stereocenters. The quantitative estimate of drug-likeness (QED) is 0.622. The lowest BCUT2D eigenvalue weighted by Crippen LogP contribution is -2.13. The summed E-state index contributed by atoms with van der Waals surface area (Å²) in [5.41, 5.74) is 0.698. The zero-order valence-corrected chi connectivity index (χ0v) is 12.4. The van der Waals surface area contributed by atoms with Gasteiger partial charge in [0.05, 0.1) is 23.2 Å². The number of aliphatic hydroxyl groups is 1. The third-order valence-electron chi connectivity index (χ3n) is 3.58. The number of aliphatic hydroxyl groups excluding tert-OH is 1. The first-order valence-corrected chi connectivity index (χ1v) is 7.32. The van der Waals surface area contributed by atoms with E-state index in [4.69, 9.17) is 4.74 Å². The van der Waals surface area contributed by atoms with Crippen LogP contribution in [0.2, 0.25) is 0 Å². The minimum Gasteiger partial charge on any atom is -0.491 e. The molecule has 1 aromatic carbocycles. The molecule has 21 heavy (non-hydrogen) atoms. The van der Waals surface area contributed by atoms with Crippen LogP contribution in [0.3, 0.4) is 0 Å². The summed E-state index contributed by atoms with van der Waals surface area (Å²) in [5.74, 6) is 0.905. The lowest BCUT2D eigenvalue weighted by Gasteiger charge is -2.14. The van der Waals surface area contributed by atoms with Crippen molar-refractivity contribution >= 4 is 11.4 Å². The summed E-state index contributed by atoms with van der Waals surface area (Å²) in [6.07, 6.45) is 2.37. The number of hydrogen-bond donors (Lipinski definition) is 2. The first-order chi connectivity index (χ1) is 9.94. The Balaban J connectivity index is 2.06. The first-order valence-electron chi connectivity index (χ1n) is 7.32. The number of ether oxygens (including phenoxy) is 1. The van der Waals surface area contributed by atoms with E-state index in [9.17, 15) is 15.2 Å². The van der Waals surface area contributed by atoms with E-state index < -0.39 is 4.92 Å². The smallest absolute Gasteiger partial charge is 0.275 e. The van der Waals surface area contributed by atoms with E-state index in [-0.39, 0.29) is 17.9 Å². The second kappa shape index (κ2) is 6.76. The Labute approximate surface area is 124 Å². The second-order valence-corrected chi connectivity index (χ2v) is 5.85. The van der Waals surface area contributed by atoms with Crippen LogP contribution in [0.25, 0.3) is 0 Å². The summed E-state index contributed by atoms with van der Waals surface area (Å²) in [5, 5.41) is 23.7. The molecule has 1 aromatic rings. The van der Waals surface area contributed by atoms with Gasteiger partial charge in [-0.15, -0.1) is 0 Å². The minimum atomic E-state index is -0.419. The van der Waals surface area contributed by atoms with Gasteiger partial charge in [-0.25, -0.2) is 0 Å². The number of nitro groups is 1. The molecule has 2 unspecified atom stereocenters. The molecule has 0 aromatic heterocycles. The van der Waals surface area contributed by atoms with Crippen LogP contribution in [0.5, 0.6) is 5.75 Å². The van der Waals surface area contributed by atoms with E-state index in [1.165, 1.54) is 12.1 Å². The van der Waals surface area contributed by atoms with Crippen molar-refractivity contribution in [3.8, 4) is 5.75 Å². The molecular weight excluding hydrogens is 272 g/mol. The van der Waals surface area contributed by atoms with Gasteiger partial charge in [0.15, 0.2) is 0 Å². The fourth-order valence-corrected chi connectivity index (χ4v) is 2.63. The SMILES string of the molecule is CC(C)Oc1cc(NCC2CCC(O)C2)cc([N+](=O)[O-])c1. The highest BCUT2D eigenvalue weighted by molar-refractivity contribution is 5.56. The van der Waals surface area contributed by atoms with E-state index >= 15 is 0 Å². The van der Waals surface area contributed by atoms with Crippen LogP contribution >= 0.6 is 0 Å². The molecular formula is C15H22N2O4. The largest absolute Gasteiger partial charge is 0.491 e. The number of nitro benzene ring substituents is 1. The van der Waals surface area contributed by atoms with E-state index in [0.29, 0.717) is 23.9 Å². The van der Waals surface area contributed by atoms with Gasteiger partial charge < -0.3 is 15.2 Å². The van der Waals surface area contributed by atoms with Crippen molar-refractivity contribution in [1.29, 1.82) is 0 Å². The molecule has 0 heterocycles. The maximum Gasteiger partial charge on any atom is 0.275 e. The molecule has 1 aliphatic carbocycles. The molecule has 6 nitrogen and oxygen atoms in total. The second-order valence-electron chi connectivity index (χ2n) is 5.85. The van der Waals surface area contributed by atoms with Crippen LogP contribution in [0.15, 0.2) is 18.2 Å². The molecule has 1 aliphatic rings. The lowest BCUT2D eigenvalue weighted by molar-refractivity contribution is -0.384. The monoisotopic (exact) mass is 294 g/mol. The van der Waals surface area contributed by atoms with E-state index in [0.717, 1.165) is 19.3 Å². The van der Waals surface area contributed by atoms with Crippen LogP contribution in [0, 0.1) is 16.0 Å². The molecule has 6 heteroatoms. The van der Waals surface area contributed by atoms with Crippen LogP contribution in [0.1, 0.15) is 33.1 Å². The number of nitrogens with zero attached hydrogens (tertiary/aromatic N) is 1. The first kappa shape index (κ1) is 15.6. The normalized spacial score (nSPS) is 21.5. The van der Waals surface area contributed by atoms with Crippen LogP contribution in [-0.4, -0.2) is 28.8 Å². The average Bonchev–Trinajstić information content (AvgIpc) is 2.81. The molecule has 0 amide bonds. The average molecular weight is 294 g/mol. The van der Waals surface area contributed by atoms with Gasteiger partial charge >= 0.3 is 0 Å². The molecule has 0 bridgehead atoms. The van der Waals surface area contributed by atoms with Crippen molar-refractivity contribution in [2.24, 2.45) is 5.92 Å². The Kier molecular flexibility index (Phi) is 5.01. The van der Waals surface area contributed by atoms with Crippen LogP contribution in [-0.2, 0) is 0 Å². The summed E-state index contributed by atoms with van der Waals surface area (Å²) < 4.78 is 5.55. The van der Waals surface area contributed by atoms with Gasteiger partial charge in [-0.3, -0.25) is 10.1 Å². The Hall–Kier alpha value is -1.82. The zero-order chi connectivity index (χ0) is 15.4. The Morgan fingerprint density at radius 3 is 2.76 bits per heavy atom. The molecule has 2 rings (SSSR count). The maximum atomic E-state index is 11.0. The number of hydrogen-bond acceptors (Lipinski definition) is 5. The molecule has 2 N–H and O–H groups in total. The van der Waals surface area contributed by atoms with Crippen molar-refractivity contribution in [3.05, 3.63) is 28.3 Å². The zero-order valence-electron chi connectivity index (χ0n) is 12.4. The highest BCUT2D eigenvalue weighted by atomic mass is 16.6. The number of nitrogens with one attached hydrogen (secondary N) is 1. The van der Waals surface area contributed by atoms with Crippen LogP contribution in [0.4, 0.5) is 11.4 Å². The topological polar surface area (TPSA) is 84.6 Å².